The summed E-state index contributed by atoms with van der Waals surface area (Å²) in [7, 11) is 2.08. The molecule has 9 heteroatoms. The van der Waals surface area contributed by atoms with E-state index in [1.165, 1.54) is 0 Å². The number of fused-ring (bicyclic) bond motifs is 1. The highest BCUT2D eigenvalue weighted by Gasteiger charge is 2.26. The van der Waals surface area contributed by atoms with Gasteiger partial charge in [-0.3, -0.25) is 14.7 Å². The summed E-state index contributed by atoms with van der Waals surface area (Å²) in [6, 6.07) is 12.4. The van der Waals surface area contributed by atoms with E-state index in [0.29, 0.717) is 32.5 Å². The fourth-order valence-electron chi connectivity index (χ4n) is 5.60. The number of piperidine rings is 1. The molecule has 1 aliphatic heterocycles. The zero-order chi connectivity index (χ0) is 28.7. The molecule has 1 aromatic heterocycles. The van der Waals surface area contributed by atoms with Gasteiger partial charge in [-0.2, -0.15) is 5.10 Å². The number of nitrogens with one attached hydrogen (secondary N) is 3. The minimum Gasteiger partial charge on any atom is -0.382 e. The molecule has 2 heterocycles. The summed E-state index contributed by atoms with van der Waals surface area (Å²) < 4.78 is 0. The van der Waals surface area contributed by atoms with Crippen molar-refractivity contribution in [2.24, 2.45) is 11.3 Å². The van der Waals surface area contributed by atoms with Crippen molar-refractivity contribution in [2.75, 3.05) is 36.9 Å². The highest BCUT2D eigenvalue weighted by Crippen LogP contribution is 2.30. The van der Waals surface area contributed by atoms with E-state index in [4.69, 9.17) is 0 Å². The quantitative estimate of drug-likeness (QED) is 0.295. The molecule has 0 bridgehead atoms. The number of aldehydes is 1. The van der Waals surface area contributed by atoms with Crippen LogP contribution >= 0.6 is 0 Å². The molecule has 214 valence electrons. The number of H-pyrrole nitrogens is 1. The van der Waals surface area contributed by atoms with Crippen molar-refractivity contribution in [3.8, 4) is 0 Å². The van der Waals surface area contributed by atoms with Gasteiger partial charge in [0.05, 0.1) is 11.7 Å². The molecule has 1 saturated heterocycles. The standard InChI is InChI=1S/C31H42N6O3/c1-31(2,3)20-36(4)29-16-25-18-33-35-28(25)15-24(29)13-22(19-38)14-30(40)37-11-9-26(10-12-37)34-27-8-6-5-7-23(27)17-32-21-39/h5-8,15-16,18-19,21-22,26,34H,9-14,17,20H2,1-4H3,(H,32,39)(H,33,35). The number of rotatable bonds is 12. The normalized spacial score (nSPS) is 15.1. The monoisotopic (exact) mass is 546 g/mol. The van der Waals surface area contributed by atoms with Crippen molar-refractivity contribution in [1.29, 1.82) is 0 Å². The number of aromatic nitrogens is 2. The average Bonchev–Trinajstić information content (AvgIpc) is 3.38. The van der Waals surface area contributed by atoms with Gasteiger partial charge >= 0.3 is 0 Å². The van der Waals surface area contributed by atoms with Gasteiger partial charge in [0.2, 0.25) is 12.3 Å². The van der Waals surface area contributed by atoms with E-state index >= 15 is 0 Å². The maximum Gasteiger partial charge on any atom is 0.223 e. The van der Waals surface area contributed by atoms with Crippen LogP contribution in [0.5, 0.6) is 0 Å². The van der Waals surface area contributed by atoms with Gasteiger partial charge in [-0.1, -0.05) is 39.0 Å². The highest BCUT2D eigenvalue weighted by molar-refractivity contribution is 5.85. The second kappa shape index (κ2) is 13.0. The zero-order valence-electron chi connectivity index (χ0n) is 24.1. The largest absolute Gasteiger partial charge is 0.382 e. The fraction of sp³-hybridized carbons (Fsp3) is 0.484. The van der Waals surface area contributed by atoms with Gasteiger partial charge < -0.3 is 25.2 Å². The third-order valence-corrected chi connectivity index (χ3v) is 7.47. The number of para-hydroxylation sites is 1. The molecular formula is C31H42N6O3. The molecule has 0 saturated carbocycles. The molecule has 9 nitrogen and oxygen atoms in total. The van der Waals surface area contributed by atoms with Crippen LogP contribution in [-0.4, -0.2) is 66.4 Å². The summed E-state index contributed by atoms with van der Waals surface area (Å²) >= 11 is 0. The number of hydrogen-bond acceptors (Lipinski definition) is 6. The number of nitrogens with zero attached hydrogens (tertiary/aromatic N) is 3. The number of benzene rings is 2. The molecule has 0 spiro atoms. The summed E-state index contributed by atoms with van der Waals surface area (Å²) in [5.41, 5.74) is 5.17. The minimum atomic E-state index is -0.400. The van der Waals surface area contributed by atoms with Gasteiger partial charge in [0, 0.05) is 68.4 Å². The first-order valence-corrected chi connectivity index (χ1v) is 14.1. The maximum atomic E-state index is 13.3. The van der Waals surface area contributed by atoms with E-state index < -0.39 is 5.92 Å². The number of carbonyl (C=O) groups excluding carboxylic acids is 3. The van der Waals surface area contributed by atoms with Crippen LogP contribution in [0.15, 0.2) is 42.6 Å². The molecule has 2 amide bonds. The van der Waals surface area contributed by atoms with E-state index in [0.717, 1.165) is 59.1 Å². The van der Waals surface area contributed by atoms with Crippen LogP contribution in [0.2, 0.25) is 0 Å². The van der Waals surface area contributed by atoms with Crippen LogP contribution in [-0.2, 0) is 27.3 Å². The molecule has 2 aromatic carbocycles. The summed E-state index contributed by atoms with van der Waals surface area (Å²) in [4.78, 5) is 40.3. The van der Waals surface area contributed by atoms with Crippen molar-refractivity contribution in [2.45, 2.75) is 59.0 Å². The van der Waals surface area contributed by atoms with E-state index in [1.807, 2.05) is 35.4 Å². The first kappa shape index (κ1) is 29.1. The smallest absolute Gasteiger partial charge is 0.223 e. The van der Waals surface area contributed by atoms with E-state index in [2.05, 4.69) is 65.7 Å². The van der Waals surface area contributed by atoms with Crippen molar-refractivity contribution < 1.29 is 14.4 Å². The third kappa shape index (κ3) is 7.61. The number of anilines is 2. The van der Waals surface area contributed by atoms with Gasteiger partial charge in [-0.05, 0) is 54.0 Å². The lowest BCUT2D eigenvalue weighted by Crippen LogP contribution is -2.43. The van der Waals surface area contributed by atoms with Gasteiger partial charge in [0.1, 0.15) is 6.29 Å². The van der Waals surface area contributed by atoms with E-state index in [-0.39, 0.29) is 23.8 Å². The lowest BCUT2D eigenvalue weighted by atomic mass is 9.92. The predicted molar refractivity (Wildman–Crippen MR) is 159 cm³/mol. The van der Waals surface area contributed by atoms with Crippen molar-refractivity contribution in [3.05, 3.63) is 53.7 Å². The molecule has 1 aliphatic rings. The van der Waals surface area contributed by atoms with Gasteiger partial charge in [-0.25, -0.2) is 0 Å². The summed E-state index contributed by atoms with van der Waals surface area (Å²) in [5.74, 6) is -0.374. The fourth-order valence-corrected chi connectivity index (χ4v) is 5.60. The Morgan fingerprint density at radius 3 is 2.62 bits per heavy atom. The van der Waals surface area contributed by atoms with Crippen LogP contribution in [0.4, 0.5) is 11.4 Å². The van der Waals surface area contributed by atoms with Crippen LogP contribution in [0.3, 0.4) is 0 Å². The SMILES string of the molecule is CN(CC(C)(C)C)c1cc2cn[nH]c2cc1CC(C=O)CC(=O)N1CCC(Nc2ccccc2CNC=O)CC1. The Bertz CT molecular complexity index is 1310. The Morgan fingerprint density at radius 2 is 1.93 bits per heavy atom. The summed E-state index contributed by atoms with van der Waals surface area (Å²) in [6.45, 7) is 9.24. The van der Waals surface area contributed by atoms with Crippen molar-refractivity contribution in [1.82, 2.24) is 20.4 Å². The van der Waals surface area contributed by atoms with E-state index in [9.17, 15) is 14.4 Å². The van der Waals surface area contributed by atoms with E-state index in [1.54, 1.807) is 0 Å². The lowest BCUT2D eigenvalue weighted by Gasteiger charge is -2.34. The highest BCUT2D eigenvalue weighted by atomic mass is 16.2. The lowest BCUT2D eigenvalue weighted by molar-refractivity contribution is -0.134. The third-order valence-electron chi connectivity index (χ3n) is 7.47. The number of likely N-dealkylation sites (tertiary alicyclic amines) is 1. The van der Waals surface area contributed by atoms with Crippen LogP contribution in [0.1, 0.15) is 51.2 Å². The molecule has 0 radical (unpaired) electrons. The molecule has 3 aromatic rings. The number of carbonyl (C=O) groups is 3. The van der Waals surface area contributed by atoms with Crippen LogP contribution in [0.25, 0.3) is 10.9 Å². The number of hydrogen-bond donors (Lipinski definition) is 3. The maximum absolute atomic E-state index is 13.3. The molecule has 1 fully saturated rings. The molecule has 1 atom stereocenters. The molecule has 1 unspecified atom stereocenters. The average molecular weight is 547 g/mol. The predicted octanol–water partition coefficient (Wildman–Crippen LogP) is 4.14. The van der Waals surface area contributed by atoms with Crippen molar-refractivity contribution in [3.63, 3.8) is 0 Å². The zero-order valence-corrected chi connectivity index (χ0v) is 24.1. The van der Waals surface area contributed by atoms with Crippen molar-refractivity contribution >= 4 is 40.9 Å². The van der Waals surface area contributed by atoms with Gasteiger partial charge in [0.15, 0.2) is 0 Å². The van der Waals surface area contributed by atoms with Crippen LogP contribution in [0, 0.1) is 11.3 Å². The molecule has 0 aliphatic carbocycles. The molecular weight excluding hydrogens is 504 g/mol. The van der Waals surface area contributed by atoms with Gasteiger partial charge in [0.25, 0.3) is 0 Å². The number of aromatic amines is 1. The Labute approximate surface area is 236 Å². The van der Waals surface area contributed by atoms with Crippen LogP contribution < -0.4 is 15.5 Å². The summed E-state index contributed by atoms with van der Waals surface area (Å²) in [6.07, 6.45) is 5.79. The Hall–Kier alpha value is -3.88. The second-order valence-electron chi connectivity index (χ2n) is 12.1. The second-order valence-corrected chi connectivity index (χ2v) is 12.1. The first-order chi connectivity index (χ1) is 19.2. The number of amides is 2. The Kier molecular flexibility index (Phi) is 9.45. The molecule has 4 rings (SSSR count). The Balaban J connectivity index is 1.37. The Morgan fingerprint density at radius 1 is 1.18 bits per heavy atom. The first-order valence-electron chi connectivity index (χ1n) is 14.1. The minimum absolute atomic E-state index is 0.0262. The summed E-state index contributed by atoms with van der Waals surface area (Å²) in [5, 5.41) is 14.5. The molecule has 40 heavy (non-hydrogen) atoms. The topological polar surface area (TPSA) is 110 Å². The van der Waals surface area contributed by atoms with Gasteiger partial charge in [-0.15, -0.1) is 0 Å². The molecule has 3 N–H and O–H groups in total.